The number of rotatable bonds is 5. The van der Waals surface area contributed by atoms with E-state index in [1.807, 2.05) is 0 Å². The zero-order chi connectivity index (χ0) is 19.6. The van der Waals surface area contributed by atoms with Gasteiger partial charge in [-0.05, 0) is 43.9 Å². The Morgan fingerprint density at radius 1 is 1.22 bits per heavy atom. The Balaban J connectivity index is 1.67. The van der Waals surface area contributed by atoms with E-state index < -0.39 is 16.1 Å². The Morgan fingerprint density at radius 2 is 1.93 bits per heavy atom. The third kappa shape index (κ3) is 4.53. The van der Waals surface area contributed by atoms with Crippen molar-refractivity contribution in [2.45, 2.75) is 36.6 Å². The van der Waals surface area contributed by atoms with Gasteiger partial charge in [0.15, 0.2) is 0 Å². The fraction of sp³-hybridized carbons (Fsp3) is 0.529. The SMILES string of the molecule is Nc1ccc(S(=O)(=O)NC2CCCN(CC(=O)N3CCCC3)C2=O)cc1Cl. The average Bonchev–Trinajstić information content (AvgIpc) is 3.15. The van der Waals surface area contributed by atoms with Crippen LogP contribution in [0.25, 0.3) is 0 Å². The van der Waals surface area contributed by atoms with Crippen LogP contribution in [0.4, 0.5) is 5.69 Å². The monoisotopic (exact) mass is 414 g/mol. The number of nitrogens with one attached hydrogen (secondary N) is 1. The third-order valence-electron chi connectivity index (χ3n) is 4.90. The van der Waals surface area contributed by atoms with E-state index in [4.69, 9.17) is 17.3 Å². The van der Waals surface area contributed by atoms with Gasteiger partial charge in [-0.3, -0.25) is 9.59 Å². The third-order valence-corrected chi connectivity index (χ3v) is 6.69. The van der Waals surface area contributed by atoms with E-state index in [9.17, 15) is 18.0 Å². The normalized spacial score (nSPS) is 20.9. The molecule has 0 aromatic heterocycles. The molecule has 3 rings (SSSR count). The van der Waals surface area contributed by atoms with E-state index in [-0.39, 0.29) is 34.0 Å². The molecule has 148 valence electrons. The van der Waals surface area contributed by atoms with Crippen LogP contribution < -0.4 is 10.5 Å². The first-order valence-corrected chi connectivity index (χ1v) is 10.8. The lowest BCUT2D eigenvalue weighted by Gasteiger charge is -2.33. The van der Waals surface area contributed by atoms with Gasteiger partial charge in [0, 0.05) is 19.6 Å². The molecule has 0 saturated carbocycles. The van der Waals surface area contributed by atoms with Crippen LogP contribution in [-0.2, 0) is 19.6 Å². The number of sulfonamides is 1. The van der Waals surface area contributed by atoms with Crippen molar-refractivity contribution >= 4 is 39.1 Å². The van der Waals surface area contributed by atoms with Crippen LogP contribution >= 0.6 is 11.6 Å². The van der Waals surface area contributed by atoms with Crippen molar-refractivity contribution in [1.29, 1.82) is 0 Å². The molecule has 8 nitrogen and oxygen atoms in total. The van der Waals surface area contributed by atoms with Crippen LogP contribution in [-0.4, -0.2) is 62.3 Å². The number of hydrogen-bond donors (Lipinski definition) is 2. The highest BCUT2D eigenvalue weighted by molar-refractivity contribution is 7.89. The van der Waals surface area contributed by atoms with Gasteiger partial charge in [0.1, 0.15) is 6.04 Å². The predicted molar refractivity (Wildman–Crippen MR) is 102 cm³/mol. The minimum absolute atomic E-state index is 0.00917. The highest BCUT2D eigenvalue weighted by Crippen LogP contribution is 2.23. The molecular formula is C17H23ClN4O4S. The summed E-state index contributed by atoms with van der Waals surface area (Å²) in [5, 5.41) is 0.130. The molecule has 2 amide bonds. The molecule has 2 aliphatic heterocycles. The van der Waals surface area contributed by atoms with E-state index in [1.165, 1.54) is 23.1 Å². The molecule has 1 unspecified atom stereocenters. The van der Waals surface area contributed by atoms with E-state index in [2.05, 4.69) is 4.72 Å². The quantitative estimate of drug-likeness (QED) is 0.692. The summed E-state index contributed by atoms with van der Waals surface area (Å²) < 4.78 is 27.6. The van der Waals surface area contributed by atoms with Crippen LogP contribution in [0.3, 0.4) is 0 Å². The zero-order valence-corrected chi connectivity index (χ0v) is 16.4. The summed E-state index contributed by atoms with van der Waals surface area (Å²) >= 11 is 5.90. The summed E-state index contributed by atoms with van der Waals surface area (Å²) in [6.07, 6.45) is 2.96. The fourth-order valence-corrected chi connectivity index (χ4v) is 4.86. The molecule has 1 aromatic carbocycles. The Kier molecular flexibility index (Phi) is 5.92. The largest absolute Gasteiger partial charge is 0.398 e. The van der Waals surface area contributed by atoms with Crippen LogP contribution in [0.1, 0.15) is 25.7 Å². The molecule has 0 radical (unpaired) electrons. The second-order valence-corrected chi connectivity index (χ2v) is 8.97. The van der Waals surface area contributed by atoms with Gasteiger partial charge in [-0.25, -0.2) is 8.42 Å². The van der Waals surface area contributed by atoms with Crippen molar-refractivity contribution in [3.63, 3.8) is 0 Å². The molecule has 1 aromatic rings. The number of halogens is 1. The molecule has 10 heteroatoms. The number of amides is 2. The maximum absolute atomic E-state index is 12.7. The molecule has 1 atom stereocenters. The summed E-state index contributed by atoms with van der Waals surface area (Å²) in [6, 6.07) is 3.10. The van der Waals surface area contributed by atoms with Crippen molar-refractivity contribution in [1.82, 2.24) is 14.5 Å². The van der Waals surface area contributed by atoms with Gasteiger partial charge in [-0.15, -0.1) is 0 Å². The second-order valence-electron chi connectivity index (χ2n) is 6.85. The van der Waals surface area contributed by atoms with Crippen LogP contribution in [0, 0.1) is 0 Å². The summed E-state index contributed by atoms with van der Waals surface area (Å²) in [5.41, 5.74) is 5.88. The van der Waals surface area contributed by atoms with Crippen molar-refractivity contribution < 1.29 is 18.0 Å². The van der Waals surface area contributed by atoms with Gasteiger partial charge in [-0.1, -0.05) is 11.6 Å². The Morgan fingerprint density at radius 3 is 2.59 bits per heavy atom. The fourth-order valence-electron chi connectivity index (χ4n) is 3.37. The highest BCUT2D eigenvalue weighted by atomic mass is 35.5. The highest BCUT2D eigenvalue weighted by Gasteiger charge is 2.34. The predicted octanol–water partition coefficient (Wildman–Crippen LogP) is 0.814. The van der Waals surface area contributed by atoms with Crippen LogP contribution in [0.5, 0.6) is 0 Å². The number of carbonyl (C=O) groups is 2. The van der Waals surface area contributed by atoms with E-state index in [1.54, 1.807) is 4.90 Å². The lowest BCUT2D eigenvalue weighted by molar-refractivity contribution is -0.142. The van der Waals surface area contributed by atoms with Gasteiger partial charge < -0.3 is 15.5 Å². The minimum atomic E-state index is -3.93. The maximum atomic E-state index is 12.7. The van der Waals surface area contributed by atoms with Crippen molar-refractivity contribution in [3.8, 4) is 0 Å². The molecule has 27 heavy (non-hydrogen) atoms. The molecule has 2 heterocycles. The number of nitrogens with zero attached hydrogens (tertiary/aromatic N) is 2. The smallest absolute Gasteiger partial charge is 0.242 e. The molecule has 3 N–H and O–H groups in total. The minimum Gasteiger partial charge on any atom is -0.398 e. The van der Waals surface area contributed by atoms with E-state index >= 15 is 0 Å². The lowest BCUT2D eigenvalue weighted by atomic mass is 10.1. The number of nitrogens with two attached hydrogens (primary N) is 1. The number of nitrogen functional groups attached to an aromatic ring is 1. The first kappa shape index (κ1) is 19.9. The van der Waals surface area contributed by atoms with Crippen molar-refractivity contribution in [2.75, 3.05) is 31.9 Å². The summed E-state index contributed by atoms with van der Waals surface area (Å²) in [6.45, 7) is 1.87. The topological polar surface area (TPSA) is 113 Å². The Labute approximate surface area is 163 Å². The first-order chi connectivity index (χ1) is 12.8. The molecule has 2 fully saturated rings. The van der Waals surface area contributed by atoms with Crippen molar-refractivity contribution in [3.05, 3.63) is 23.2 Å². The average molecular weight is 415 g/mol. The zero-order valence-electron chi connectivity index (χ0n) is 14.9. The Bertz CT molecular complexity index is 839. The summed E-state index contributed by atoms with van der Waals surface area (Å²) in [7, 11) is -3.93. The van der Waals surface area contributed by atoms with Gasteiger partial charge in [-0.2, -0.15) is 4.72 Å². The van der Waals surface area contributed by atoms with Gasteiger partial charge in [0.25, 0.3) is 0 Å². The van der Waals surface area contributed by atoms with E-state index in [0.717, 1.165) is 25.9 Å². The van der Waals surface area contributed by atoms with Gasteiger partial charge in [0.2, 0.25) is 21.8 Å². The van der Waals surface area contributed by atoms with Crippen molar-refractivity contribution in [2.24, 2.45) is 0 Å². The second kappa shape index (κ2) is 8.04. The summed E-state index contributed by atoms with van der Waals surface area (Å²) in [5.74, 6) is -0.464. The number of likely N-dealkylation sites (tertiary alicyclic amines) is 2. The molecule has 2 saturated heterocycles. The molecule has 0 aliphatic carbocycles. The van der Waals surface area contributed by atoms with Gasteiger partial charge in [0.05, 0.1) is 22.2 Å². The van der Waals surface area contributed by atoms with E-state index in [0.29, 0.717) is 19.4 Å². The molecule has 0 spiro atoms. The molecule has 0 bridgehead atoms. The van der Waals surface area contributed by atoms with Crippen LogP contribution in [0.15, 0.2) is 23.1 Å². The lowest BCUT2D eigenvalue weighted by Crippen LogP contribution is -2.54. The number of anilines is 1. The van der Waals surface area contributed by atoms with Crippen LogP contribution in [0.2, 0.25) is 5.02 Å². The summed E-state index contributed by atoms with van der Waals surface area (Å²) in [4.78, 5) is 28.1. The number of carbonyl (C=O) groups excluding carboxylic acids is 2. The standard InChI is InChI=1S/C17H23ClN4O4S/c18-13-10-12(5-6-14(13)19)27(25,26)20-15-4-3-9-22(17(15)24)11-16(23)21-7-1-2-8-21/h5-6,10,15,20H,1-4,7-9,11,19H2. The number of piperidine rings is 1. The maximum Gasteiger partial charge on any atom is 0.242 e. The first-order valence-electron chi connectivity index (χ1n) is 8.92. The number of benzene rings is 1. The van der Waals surface area contributed by atoms with Gasteiger partial charge >= 0.3 is 0 Å². The molecular weight excluding hydrogens is 392 g/mol. The number of hydrogen-bond acceptors (Lipinski definition) is 5. The molecule has 2 aliphatic rings. The Hall–Kier alpha value is -1.84.